The molecule has 29 heavy (non-hydrogen) atoms. The molecule has 0 spiro atoms. The summed E-state index contributed by atoms with van der Waals surface area (Å²) < 4.78 is 10.5. The summed E-state index contributed by atoms with van der Waals surface area (Å²) in [6.45, 7) is 8.23. The van der Waals surface area contributed by atoms with Crippen LogP contribution in [0.5, 0.6) is 5.75 Å². The SMILES string of the molecule is CC(C)(C)OC=O.OC1(Cc2ccccc2OCc2ccccc2)CCNCC1. The van der Waals surface area contributed by atoms with Crippen molar-refractivity contribution in [2.75, 3.05) is 13.1 Å². The van der Waals surface area contributed by atoms with E-state index in [0.717, 1.165) is 42.8 Å². The highest BCUT2D eigenvalue weighted by atomic mass is 16.5. The summed E-state index contributed by atoms with van der Waals surface area (Å²) in [5, 5.41) is 14.0. The molecule has 158 valence electrons. The number of nitrogens with one attached hydrogen (secondary N) is 1. The Morgan fingerprint density at radius 1 is 1.03 bits per heavy atom. The Kier molecular flexibility index (Phi) is 8.68. The summed E-state index contributed by atoms with van der Waals surface area (Å²) in [5.74, 6) is 0.873. The molecule has 1 aliphatic heterocycles. The molecule has 5 nitrogen and oxygen atoms in total. The van der Waals surface area contributed by atoms with Crippen LogP contribution in [0.3, 0.4) is 0 Å². The molecule has 2 aromatic carbocycles. The van der Waals surface area contributed by atoms with Gasteiger partial charge in [-0.1, -0.05) is 48.5 Å². The van der Waals surface area contributed by atoms with Gasteiger partial charge in [0, 0.05) is 6.42 Å². The molecular weight excluding hydrogens is 366 g/mol. The van der Waals surface area contributed by atoms with Crippen LogP contribution >= 0.6 is 0 Å². The average Bonchev–Trinajstić information content (AvgIpc) is 2.68. The molecule has 0 amide bonds. The number of benzene rings is 2. The number of piperidine rings is 1. The zero-order chi connectivity index (χ0) is 21.2. The van der Waals surface area contributed by atoms with E-state index in [9.17, 15) is 9.90 Å². The van der Waals surface area contributed by atoms with E-state index < -0.39 is 5.60 Å². The van der Waals surface area contributed by atoms with Crippen LogP contribution in [0.2, 0.25) is 0 Å². The largest absolute Gasteiger partial charge is 0.489 e. The molecule has 0 aliphatic carbocycles. The molecule has 1 aliphatic rings. The van der Waals surface area contributed by atoms with Crippen LogP contribution in [0.25, 0.3) is 0 Å². The van der Waals surface area contributed by atoms with Crippen molar-refractivity contribution in [3.05, 3.63) is 65.7 Å². The van der Waals surface area contributed by atoms with Crippen molar-refractivity contribution in [2.24, 2.45) is 0 Å². The van der Waals surface area contributed by atoms with Gasteiger partial charge >= 0.3 is 0 Å². The van der Waals surface area contributed by atoms with Gasteiger partial charge in [0.15, 0.2) is 0 Å². The Labute approximate surface area is 174 Å². The van der Waals surface area contributed by atoms with E-state index in [4.69, 9.17) is 4.74 Å². The molecule has 2 N–H and O–H groups in total. The van der Waals surface area contributed by atoms with Crippen molar-refractivity contribution in [3.8, 4) is 5.75 Å². The van der Waals surface area contributed by atoms with Gasteiger partial charge in [0.1, 0.15) is 18.0 Å². The molecular formula is C24H33NO4. The smallest absolute Gasteiger partial charge is 0.293 e. The zero-order valence-corrected chi connectivity index (χ0v) is 17.7. The van der Waals surface area contributed by atoms with Crippen molar-refractivity contribution >= 4 is 6.47 Å². The summed E-state index contributed by atoms with van der Waals surface area (Å²) in [6.07, 6.45) is 2.24. The first-order valence-electron chi connectivity index (χ1n) is 10.1. The number of carbonyl (C=O) groups is 1. The number of para-hydroxylation sites is 1. The van der Waals surface area contributed by atoms with Crippen molar-refractivity contribution in [3.63, 3.8) is 0 Å². The Morgan fingerprint density at radius 2 is 1.66 bits per heavy atom. The summed E-state index contributed by atoms with van der Waals surface area (Å²) in [6, 6.07) is 18.2. The molecule has 0 unspecified atom stereocenters. The predicted molar refractivity (Wildman–Crippen MR) is 115 cm³/mol. The van der Waals surface area contributed by atoms with E-state index in [1.54, 1.807) is 0 Å². The Balaban J connectivity index is 0.000000370. The topological polar surface area (TPSA) is 67.8 Å². The van der Waals surface area contributed by atoms with Gasteiger partial charge in [-0.3, -0.25) is 4.79 Å². The molecule has 2 aromatic rings. The number of hydrogen-bond acceptors (Lipinski definition) is 5. The van der Waals surface area contributed by atoms with Crippen LogP contribution in [-0.4, -0.2) is 35.9 Å². The molecule has 0 atom stereocenters. The Bertz CT molecular complexity index is 734. The third-order valence-electron chi connectivity index (χ3n) is 4.67. The van der Waals surface area contributed by atoms with E-state index in [2.05, 4.69) is 28.3 Å². The molecule has 3 rings (SSSR count). The maximum Gasteiger partial charge on any atom is 0.293 e. The summed E-state index contributed by atoms with van der Waals surface area (Å²) in [5.41, 5.74) is 1.31. The lowest BCUT2D eigenvalue weighted by molar-refractivity contribution is -0.138. The van der Waals surface area contributed by atoms with E-state index in [0.29, 0.717) is 19.5 Å². The number of rotatable bonds is 6. The van der Waals surface area contributed by atoms with Gasteiger partial charge in [0.25, 0.3) is 6.47 Å². The minimum absolute atomic E-state index is 0.318. The van der Waals surface area contributed by atoms with Gasteiger partial charge in [-0.2, -0.15) is 0 Å². The highest BCUT2D eigenvalue weighted by molar-refractivity contribution is 5.38. The summed E-state index contributed by atoms with van der Waals surface area (Å²) in [7, 11) is 0. The minimum atomic E-state index is -0.614. The van der Waals surface area contributed by atoms with Crippen LogP contribution in [0, 0.1) is 0 Å². The monoisotopic (exact) mass is 399 g/mol. The van der Waals surface area contributed by atoms with Gasteiger partial charge < -0.3 is 19.9 Å². The maximum atomic E-state index is 10.7. The third kappa shape index (κ3) is 8.67. The second kappa shape index (κ2) is 11.0. The first kappa shape index (κ1) is 22.9. The maximum absolute atomic E-state index is 10.7. The summed E-state index contributed by atoms with van der Waals surface area (Å²) >= 11 is 0. The fraction of sp³-hybridized carbons (Fsp3) is 0.458. The van der Waals surface area contributed by atoms with Gasteiger partial charge in [-0.25, -0.2) is 0 Å². The highest BCUT2D eigenvalue weighted by Gasteiger charge is 2.30. The first-order valence-corrected chi connectivity index (χ1v) is 10.1. The third-order valence-corrected chi connectivity index (χ3v) is 4.67. The van der Waals surface area contributed by atoms with Crippen LogP contribution in [0.1, 0.15) is 44.7 Å². The molecule has 0 saturated carbocycles. The molecule has 1 heterocycles. The lowest BCUT2D eigenvalue weighted by atomic mass is 9.86. The average molecular weight is 400 g/mol. The highest BCUT2D eigenvalue weighted by Crippen LogP contribution is 2.28. The van der Waals surface area contributed by atoms with Gasteiger partial charge in [0.05, 0.1) is 5.60 Å². The minimum Gasteiger partial charge on any atom is -0.489 e. The van der Waals surface area contributed by atoms with Crippen molar-refractivity contribution in [2.45, 2.75) is 57.8 Å². The second-order valence-corrected chi connectivity index (χ2v) is 8.36. The van der Waals surface area contributed by atoms with Crippen molar-refractivity contribution in [1.29, 1.82) is 0 Å². The molecule has 0 radical (unpaired) electrons. The Morgan fingerprint density at radius 3 is 2.24 bits per heavy atom. The molecule has 1 saturated heterocycles. The quantitative estimate of drug-likeness (QED) is 0.722. The predicted octanol–water partition coefficient (Wildman–Crippen LogP) is 3.88. The van der Waals surface area contributed by atoms with Crippen LogP contribution < -0.4 is 10.1 Å². The zero-order valence-electron chi connectivity index (χ0n) is 17.7. The first-order chi connectivity index (χ1) is 13.8. The van der Waals surface area contributed by atoms with E-state index >= 15 is 0 Å². The van der Waals surface area contributed by atoms with Crippen LogP contribution in [0.4, 0.5) is 0 Å². The van der Waals surface area contributed by atoms with Gasteiger partial charge in [-0.15, -0.1) is 0 Å². The van der Waals surface area contributed by atoms with E-state index in [1.165, 1.54) is 0 Å². The normalized spacial score (nSPS) is 15.6. The van der Waals surface area contributed by atoms with Crippen molar-refractivity contribution in [1.82, 2.24) is 5.32 Å². The standard InChI is InChI=1S/C19H23NO2.C5H10O2/c21-19(10-12-20-13-11-19)14-17-8-4-5-9-18(17)22-15-16-6-2-1-3-7-16;1-5(2,3)7-4-6/h1-9,20-21H,10-15H2;4H,1-3H3. The number of hydrogen-bond donors (Lipinski definition) is 2. The fourth-order valence-corrected chi connectivity index (χ4v) is 3.09. The summed E-state index contributed by atoms with van der Waals surface area (Å²) in [4.78, 5) is 9.60. The molecule has 1 fully saturated rings. The van der Waals surface area contributed by atoms with E-state index in [1.807, 2.05) is 57.2 Å². The van der Waals surface area contributed by atoms with Crippen LogP contribution in [-0.2, 0) is 22.6 Å². The number of aliphatic hydroxyl groups is 1. The van der Waals surface area contributed by atoms with Crippen LogP contribution in [0.15, 0.2) is 54.6 Å². The van der Waals surface area contributed by atoms with E-state index in [-0.39, 0.29) is 5.60 Å². The second-order valence-electron chi connectivity index (χ2n) is 8.36. The van der Waals surface area contributed by atoms with Gasteiger partial charge in [-0.05, 0) is 63.9 Å². The lowest BCUT2D eigenvalue weighted by Crippen LogP contribution is -2.43. The van der Waals surface area contributed by atoms with Gasteiger partial charge in [0.2, 0.25) is 0 Å². The Hall–Kier alpha value is -2.37. The number of ether oxygens (including phenoxy) is 2. The van der Waals surface area contributed by atoms with Crippen molar-refractivity contribution < 1.29 is 19.4 Å². The number of carbonyl (C=O) groups excluding carboxylic acids is 1. The fourth-order valence-electron chi connectivity index (χ4n) is 3.09. The lowest BCUT2D eigenvalue weighted by Gasteiger charge is -2.33. The molecule has 0 bridgehead atoms. The molecule has 0 aromatic heterocycles. The molecule has 5 heteroatoms.